The number of nitrogens with zero attached hydrogens (tertiary/aromatic N) is 3. The van der Waals surface area contributed by atoms with E-state index in [0.717, 1.165) is 43.6 Å². The zero-order valence-corrected chi connectivity index (χ0v) is 12.0. The van der Waals surface area contributed by atoms with Crippen LogP contribution in [0.1, 0.15) is 39.5 Å². The third kappa shape index (κ3) is 3.72. The Balaban J connectivity index is 2.05. The van der Waals surface area contributed by atoms with Gasteiger partial charge in [0.05, 0.1) is 0 Å². The van der Waals surface area contributed by atoms with Crippen LogP contribution in [0.4, 0.5) is 17.6 Å². The van der Waals surface area contributed by atoms with Gasteiger partial charge in [-0.05, 0) is 25.2 Å². The molecule has 5 nitrogen and oxygen atoms in total. The van der Waals surface area contributed by atoms with E-state index in [4.69, 9.17) is 5.73 Å². The zero-order chi connectivity index (χ0) is 13.7. The van der Waals surface area contributed by atoms with Crippen molar-refractivity contribution in [2.75, 3.05) is 35.6 Å². The van der Waals surface area contributed by atoms with Crippen LogP contribution < -0.4 is 16.0 Å². The van der Waals surface area contributed by atoms with Crippen molar-refractivity contribution in [3.05, 3.63) is 6.07 Å². The van der Waals surface area contributed by atoms with Crippen LogP contribution in [0.25, 0.3) is 0 Å². The van der Waals surface area contributed by atoms with Gasteiger partial charge in [0, 0.05) is 25.7 Å². The van der Waals surface area contributed by atoms with Gasteiger partial charge in [0.1, 0.15) is 11.6 Å². The molecule has 0 aliphatic carbocycles. The summed E-state index contributed by atoms with van der Waals surface area (Å²) in [6.45, 7) is 7.46. The molecule has 1 aromatic heterocycles. The van der Waals surface area contributed by atoms with E-state index < -0.39 is 0 Å². The number of rotatable bonds is 6. The quantitative estimate of drug-likeness (QED) is 0.825. The Hall–Kier alpha value is -1.52. The summed E-state index contributed by atoms with van der Waals surface area (Å²) in [6.07, 6.45) is 4.89. The van der Waals surface area contributed by atoms with Crippen molar-refractivity contribution >= 4 is 17.6 Å². The molecule has 1 aliphatic rings. The third-order valence-corrected chi connectivity index (χ3v) is 3.59. The maximum absolute atomic E-state index is 5.80. The van der Waals surface area contributed by atoms with Crippen LogP contribution >= 0.6 is 0 Å². The topological polar surface area (TPSA) is 67.1 Å². The summed E-state index contributed by atoms with van der Waals surface area (Å²) < 4.78 is 0. The van der Waals surface area contributed by atoms with Gasteiger partial charge in [-0.15, -0.1) is 0 Å². The standard InChI is InChI=1S/C14H25N5/c1-3-5-11-6-8-19(10-11)13-9-12(16-7-4-2)17-14(15)18-13/h9,11H,3-8,10H2,1-2H3,(H3,15,16,17,18). The van der Waals surface area contributed by atoms with E-state index in [9.17, 15) is 0 Å². The number of aromatic nitrogens is 2. The molecule has 0 aromatic carbocycles. The van der Waals surface area contributed by atoms with Crippen LogP contribution in [0.5, 0.6) is 0 Å². The fourth-order valence-electron chi connectivity index (χ4n) is 2.64. The number of nitrogens with two attached hydrogens (primary N) is 1. The number of nitrogen functional groups attached to an aromatic ring is 1. The molecular formula is C14H25N5. The Morgan fingerprint density at radius 2 is 2.21 bits per heavy atom. The van der Waals surface area contributed by atoms with Crippen molar-refractivity contribution in [3.63, 3.8) is 0 Å². The first-order valence-corrected chi connectivity index (χ1v) is 7.36. The van der Waals surface area contributed by atoms with Crippen molar-refractivity contribution in [3.8, 4) is 0 Å². The molecule has 1 aromatic rings. The summed E-state index contributed by atoms with van der Waals surface area (Å²) in [5, 5.41) is 3.28. The molecule has 2 heterocycles. The normalized spacial score (nSPS) is 18.8. The lowest BCUT2D eigenvalue weighted by Gasteiger charge is -2.18. The highest BCUT2D eigenvalue weighted by Gasteiger charge is 2.23. The number of anilines is 3. The molecule has 106 valence electrons. The molecule has 0 radical (unpaired) electrons. The van der Waals surface area contributed by atoms with Crippen molar-refractivity contribution < 1.29 is 0 Å². The smallest absolute Gasteiger partial charge is 0.223 e. The molecule has 1 unspecified atom stereocenters. The summed E-state index contributed by atoms with van der Waals surface area (Å²) >= 11 is 0. The van der Waals surface area contributed by atoms with Crippen LogP contribution in [0.15, 0.2) is 6.07 Å². The van der Waals surface area contributed by atoms with E-state index in [0.29, 0.717) is 5.95 Å². The molecule has 3 N–H and O–H groups in total. The van der Waals surface area contributed by atoms with Crippen LogP contribution in [0.3, 0.4) is 0 Å². The van der Waals surface area contributed by atoms with Crippen molar-refractivity contribution in [2.45, 2.75) is 39.5 Å². The van der Waals surface area contributed by atoms with E-state index in [1.165, 1.54) is 19.3 Å². The number of hydrogen-bond donors (Lipinski definition) is 2. The molecule has 1 fully saturated rings. The monoisotopic (exact) mass is 263 g/mol. The average molecular weight is 263 g/mol. The molecule has 0 saturated carbocycles. The molecule has 1 saturated heterocycles. The maximum atomic E-state index is 5.80. The number of hydrogen-bond acceptors (Lipinski definition) is 5. The van der Waals surface area contributed by atoms with E-state index in [1.54, 1.807) is 0 Å². The Kier molecular flexibility index (Phi) is 4.82. The molecule has 5 heteroatoms. The van der Waals surface area contributed by atoms with Crippen molar-refractivity contribution in [1.82, 2.24) is 9.97 Å². The van der Waals surface area contributed by atoms with Gasteiger partial charge in [-0.3, -0.25) is 0 Å². The molecule has 1 atom stereocenters. The molecular weight excluding hydrogens is 238 g/mol. The Labute approximate surface area is 115 Å². The van der Waals surface area contributed by atoms with Gasteiger partial charge >= 0.3 is 0 Å². The third-order valence-electron chi connectivity index (χ3n) is 3.59. The fraction of sp³-hybridized carbons (Fsp3) is 0.714. The predicted molar refractivity (Wildman–Crippen MR) is 80.5 cm³/mol. The Morgan fingerprint density at radius 1 is 1.37 bits per heavy atom. The second-order valence-corrected chi connectivity index (χ2v) is 5.29. The fourth-order valence-corrected chi connectivity index (χ4v) is 2.64. The summed E-state index contributed by atoms with van der Waals surface area (Å²) in [6, 6.07) is 2.01. The molecule has 1 aliphatic heterocycles. The van der Waals surface area contributed by atoms with E-state index in [2.05, 4.69) is 34.0 Å². The van der Waals surface area contributed by atoms with E-state index in [-0.39, 0.29) is 0 Å². The molecule has 0 amide bonds. The minimum atomic E-state index is 0.357. The van der Waals surface area contributed by atoms with Gasteiger partial charge in [-0.2, -0.15) is 9.97 Å². The van der Waals surface area contributed by atoms with Gasteiger partial charge in [0.25, 0.3) is 0 Å². The minimum Gasteiger partial charge on any atom is -0.370 e. The highest BCUT2D eigenvalue weighted by atomic mass is 15.2. The van der Waals surface area contributed by atoms with Gasteiger partial charge in [0.2, 0.25) is 5.95 Å². The molecule has 2 rings (SSSR count). The second-order valence-electron chi connectivity index (χ2n) is 5.29. The SMILES string of the molecule is CCCNc1cc(N2CCC(CCC)C2)nc(N)n1. The average Bonchev–Trinajstić information content (AvgIpc) is 2.85. The van der Waals surface area contributed by atoms with Crippen LogP contribution in [-0.4, -0.2) is 29.6 Å². The summed E-state index contributed by atoms with van der Waals surface area (Å²) in [7, 11) is 0. The van der Waals surface area contributed by atoms with E-state index >= 15 is 0 Å². The van der Waals surface area contributed by atoms with Crippen LogP contribution in [-0.2, 0) is 0 Å². The van der Waals surface area contributed by atoms with Gasteiger partial charge < -0.3 is 16.0 Å². The van der Waals surface area contributed by atoms with Gasteiger partial charge in [-0.25, -0.2) is 0 Å². The van der Waals surface area contributed by atoms with E-state index in [1.807, 2.05) is 6.07 Å². The molecule has 19 heavy (non-hydrogen) atoms. The molecule has 0 bridgehead atoms. The van der Waals surface area contributed by atoms with Gasteiger partial charge in [0.15, 0.2) is 0 Å². The minimum absolute atomic E-state index is 0.357. The zero-order valence-electron chi connectivity index (χ0n) is 12.0. The highest BCUT2D eigenvalue weighted by Crippen LogP contribution is 2.26. The van der Waals surface area contributed by atoms with Crippen molar-refractivity contribution in [1.29, 1.82) is 0 Å². The summed E-state index contributed by atoms with van der Waals surface area (Å²) in [5.41, 5.74) is 5.80. The van der Waals surface area contributed by atoms with Crippen LogP contribution in [0.2, 0.25) is 0 Å². The largest absolute Gasteiger partial charge is 0.370 e. The Bertz CT molecular complexity index is 407. The second kappa shape index (κ2) is 6.59. The maximum Gasteiger partial charge on any atom is 0.223 e. The highest BCUT2D eigenvalue weighted by molar-refractivity contribution is 5.53. The van der Waals surface area contributed by atoms with Crippen molar-refractivity contribution in [2.24, 2.45) is 5.92 Å². The summed E-state index contributed by atoms with van der Waals surface area (Å²) in [4.78, 5) is 10.9. The first kappa shape index (κ1) is 13.9. The predicted octanol–water partition coefficient (Wildman–Crippen LogP) is 2.51. The lowest BCUT2D eigenvalue weighted by Crippen LogP contribution is -2.22. The lowest BCUT2D eigenvalue weighted by molar-refractivity contribution is 0.529. The van der Waals surface area contributed by atoms with Gasteiger partial charge in [-0.1, -0.05) is 20.3 Å². The number of nitrogens with one attached hydrogen (secondary N) is 1. The first-order chi connectivity index (χ1) is 9.22. The lowest BCUT2D eigenvalue weighted by atomic mass is 10.0. The first-order valence-electron chi connectivity index (χ1n) is 7.36. The van der Waals surface area contributed by atoms with Crippen LogP contribution in [0, 0.1) is 5.92 Å². The Morgan fingerprint density at radius 3 is 2.95 bits per heavy atom. The summed E-state index contributed by atoms with van der Waals surface area (Å²) in [5.74, 6) is 2.95. The molecule has 0 spiro atoms.